The van der Waals surface area contributed by atoms with Gasteiger partial charge in [-0.2, -0.15) is 0 Å². The van der Waals surface area contributed by atoms with E-state index in [0.29, 0.717) is 6.42 Å². The summed E-state index contributed by atoms with van der Waals surface area (Å²) in [4.78, 5) is 12.3. The van der Waals surface area contributed by atoms with Crippen LogP contribution in [-0.2, 0) is 11.2 Å². The molecule has 0 saturated carbocycles. The van der Waals surface area contributed by atoms with E-state index in [4.69, 9.17) is 0 Å². The summed E-state index contributed by atoms with van der Waals surface area (Å²) < 4.78 is 0. The molecule has 1 amide bonds. The zero-order valence-electron chi connectivity index (χ0n) is 13.6. The van der Waals surface area contributed by atoms with Gasteiger partial charge in [-0.25, -0.2) is 0 Å². The third-order valence-corrected chi connectivity index (χ3v) is 3.55. The summed E-state index contributed by atoms with van der Waals surface area (Å²) in [6, 6.07) is 19.4. The second kappa shape index (κ2) is 9.48. The monoisotopic (exact) mass is 305 g/mol. The highest BCUT2D eigenvalue weighted by molar-refractivity contribution is 5.79. The number of hydrogen-bond acceptors (Lipinski definition) is 1. The first-order chi connectivity index (χ1) is 11.3. The van der Waals surface area contributed by atoms with E-state index in [0.717, 1.165) is 30.4 Å². The van der Waals surface area contributed by atoms with Crippen molar-refractivity contribution in [2.24, 2.45) is 0 Å². The number of rotatable bonds is 6. The fourth-order valence-electron chi connectivity index (χ4n) is 2.28. The normalized spacial score (nSPS) is 11.2. The number of amides is 1. The standard InChI is InChI=1S/C21H23NO/c1-2-3-4-11-16-20(19-14-9-6-10-15-19)22-21(23)17-18-12-7-5-8-13-18/h5-10,12-15,20H,2-4,17H2,1H3,(H,22,23). The zero-order chi connectivity index (χ0) is 16.3. The topological polar surface area (TPSA) is 29.1 Å². The minimum atomic E-state index is -0.246. The number of carbonyl (C=O) groups excluding carboxylic acids is 1. The first-order valence-corrected chi connectivity index (χ1v) is 8.16. The molecule has 1 unspecified atom stereocenters. The first-order valence-electron chi connectivity index (χ1n) is 8.16. The molecule has 1 atom stereocenters. The van der Waals surface area contributed by atoms with E-state index >= 15 is 0 Å². The van der Waals surface area contributed by atoms with E-state index in [1.807, 2.05) is 60.7 Å². The molecule has 2 rings (SSSR count). The Labute approximate surface area is 138 Å². The van der Waals surface area contributed by atoms with E-state index in [1.165, 1.54) is 0 Å². The van der Waals surface area contributed by atoms with Crippen molar-refractivity contribution in [2.75, 3.05) is 0 Å². The molecule has 0 radical (unpaired) electrons. The van der Waals surface area contributed by atoms with Gasteiger partial charge in [0.05, 0.1) is 6.42 Å². The summed E-state index contributed by atoms with van der Waals surface area (Å²) in [5.74, 6) is 6.39. The average molecular weight is 305 g/mol. The van der Waals surface area contributed by atoms with Gasteiger partial charge in [0.2, 0.25) is 5.91 Å². The minimum absolute atomic E-state index is 0.00477. The molecule has 23 heavy (non-hydrogen) atoms. The van der Waals surface area contributed by atoms with Gasteiger partial charge in [0, 0.05) is 6.42 Å². The Kier molecular flexibility index (Phi) is 6.94. The van der Waals surface area contributed by atoms with Gasteiger partial charge in [0.1, 0.15) is 6.04 Å². The van der Waals surface area contributed by atoms with Crippen molar-refractivity contribution in [1.82, 2.24) is 5.32 Å². The molecule has 0 aliphatic rings. The molecule has 0 fully saturated rings. The summed E-state index contributed by atoms with van der Waals surface area (Å²) in [7, 11) is 0. The number of hydrogen-bond donors (Lipinski definition) is 1. The van der Waals surface area contributed by atoms with Gasteiger partial charge < -0.3 is 5.32 Å². The van der Waals surface area contributed by atoms with E-state index in [2.05, 4.69) is 24.1 Å². The van der Waals surface area contributed by atoms with Crippen molar-refractivity contribution in [3.63, 3.8) is 0 Å². The van der Waals surface area contributed by atoms with Gasteiger partial charge >= 0.3 is 0 Å². The Balaban J connectivity index is 2.04. The van der Waals surface area contributed by atoms with Crippen LogP contribution in [0.15, 0.2) is 60.7 Å². The summed E-state index contributed by atoms with van der Waals surface area (Å²) in [5, 5.41) is 3.05. The van der Waals surface area contributed by atoms with Gasteiger partial charge in [-0.15, -0.1) is 5.92 Å². The highest BCUT2D eigenvalue weighted by Gasteiger charge is 2.12. The molecule has 0 aromatic heterocycles. The predicted molar refractivity (Wildman–Crippen MR) is 94.8 cm³/mol. The van der Waals surface area contributed by atoms with Gasteiger partial charge in [-0.1, -0.05) is 79.9 Å². The molecule has 2 heteroatoms. The fraction of sp³-hybridized carbons (Fsp3) is 0.286. The van der Waals surface area contributed by atoms with Crippen LogP contribution in [0, 0.1) is 11.8 Å². The van der Waals surface area contributed by atoms with Crippen LogP contribution in [0.1, 0.15) is 43.4 Å². The second-order valence-corrected chi connectivity index (χ2v) is 5.50. The molecule has 2 nitrogen and oxygen atoms in total. The average Bonchev–Trinajstić information content (AvgIpc) is 2.59. The molecule has 118 valence electrons. The molecular weight excluding hydrogens is 282 g/mol. The van der Waals surface area contributed by atoms with Crippen LogP contribution in [0.5, 0.6) is 0 Å². The maximum Gasteiger partial charge on any atom is 0.225 e. The number of unbranched alkanes of at least 4 members (excludes halogenated alkanes) is 2. The van der Waals surface area contributed by atoms with Crippen LogP contribution >= 0.6 is 0 Å². The van der Waals surface area contributed by atoms with E-state index in [9.17, 15) is 4.79 Å². The Morgan fingerprint density at radius 1 is 1.04 bits per heavy atom. The van der Waals surface area contributed by atoms with Crippen molar-refractivity contribution in [3.05, 3.63) is 71.8 Å². The van der Waals surface area contributed by atoms with Crippen LogP contribution < -0.4 is 5.32 Å². The number of benzene rings is 2. The first kappa shape index (κ1) is 16.8. The highest BCUT2D eigenvalue weighted by Crippen LogP contribution is 2.12. The van der Waals surface area contributed by atoms with Crippen molar-refractivity contribution in [2.45, 2.75) is 38.6 Å². The molecule has 1 N–H and O–H groups in total. The summed E-state index contributed by atoms with van der Waals surface area (Å²) in [6.45, 7) is 2.15. The SMILES string of the molecule is CCCCC#CC(NC(=O)Cc1ccccc1)c1ccccc1. The number of carbonyl (C=O) groups is 1. The molecule has 0 aliphatic carbocycles. The second-order valence-electron chi connectivity index (χ2n) is 5.50. The Bertz CT molecular complexity index is 652. The van der Waals surface area contributed by atoms with Crippen molar-refractivity contribution >= 4 is 5.91 Å². The molecule has 0 aliphatic heterocycles. The lowest BCUT2D eigenvalue weighted by atomic mass is 10.1. The predicted octanol–water partition coefficient (Wildman–Crippen LogP) is 4.28. The Hall–Kier alpha value is -2.53. The van der Waals surface area contributed by atoms with Gasteiger partial charge in [-0.05, 0) is 17.5 Å². The molecule has 2 aromatic carbocycles. The van der Waals surface area contributed by atoms with Gasteiger partial charge in [-0.3, -0.25) is 4.79 Å². The summed E-state index contributed by atoms with van der Waals surface area (Å²) >= 11 is 0. The van der Waals surface area contributed by atoms with Crippen LogP contribution in [0.25, 0.3) is 0 Å². The Morgan fingerprint density at radius 2 is 1.70 bits per heavy atom. The van der Waals surface area contributed by atoms with Gasteiger partial charge in [0.15, 0.2) is 0 Å². The largest absolute Gasteiger partial charge is 0.338 e. The smallest absolute Gasteiger partial charge is 0.225 e. The maximum atomic E-state index is 12.3. The zero-order valence-corrected chi connectivity index (χ0v) is 13.6. The minimum Gasteiger partial charge on any atom is -0.338 e. The van der Waals surface area contributed by atoms with Crippen molar-refractivity contribution in [1.29, 1.82) is 0 Å². The number of nitrogens with one attached hydrogen (secondary N) is 1. The maximum absolute atomic E-state index is 12.3. The summed E-state index contributed by atoms with van der Waals surface area (Å²) in [5.41, 5.74) is 2.04. The van der Waals surface area contributed by atoms with E-state index in [1.54, 1.807) is 0 Å². The lowest BCUT2D eigenvalue weighted by Crippen LogP contribution is -2.29. The van der Waals surface area contributed by atoms with E-state index in [-0.39, 0.29) is 11.9 Å². The molecular formula is C21H23NO. The van der Waals surface area contributed by atoms with E-state index < -0.39 is 0 Å². The molecule has 0 saturated heterocycles. The quantitative estimate of drug-likeness (QED) is 0.626. The Morgan fingerprint density at radius 3 is 2.35 bits per heavy atom. The highest BCUT2D eigenvalue weighted by atomic mass is 16.1. The van der Waals surface area contributed by atoms with Crippen LogP contribution in [0.3, 0.4) is 0 Å². The third-order valence-electron chi connectivity index (χ3n) is 3.55. The van der Waals surface area contributed by atoms with Gasteiger partial charge in [0.25, 0.3) is 0 Å². The van der Waals surface area contributed by atoms with Crippen LogP contribution in [0.4, 0.5) is 0 Å². The van der Waals surface area contributed by atoms with Crippen molar-refractivity contribution < 1.29 is 4.79 Å². The lowest BCUT2D eigenvalue weighted by Gasteiger charge is -2.14. The summed E-state index contributed by atoms with van der Waals surface area (Å²) in [6.07, 6.45) is 3.47. The molecule has 0 bridgehead atoms. The third kappa shape index (κ3) is 6.00. The van der Waals surface area contributed by atoms with Crippen molar-refractivity contribution in [3.8, 4) is 11.8 Å². The molecule has 0 heterocycles. The molecule has 0 spiro atoms. The van der Waals surface area contributed by atoms with Crippen LogP contribution in [-0.4, -0.2) is 5.91 Å². The lowest BCUT2D eigenvalue weighted by molar-refractivity contribution is -0.120. The molecule has 2 aromatic rings. The fourth-order valence-corrected chi connectivity index (χ4v) is 2.28. The van der Waals surface area contributed by atoms with Crippen LogP contribution in [0.2, 0.25) is 0 Å².